The van der Waals surface area contributed by atoms with Crippen molar-refractivity contribution in [2.75, 3.05) is 18.4 Å². The third-order valence-electron chi connectivity index (χ3n) is 3.31. The molecule has 2 amide bonds. The minimum absolute atomic E-state index is 0.0418. The number of likely N-dealkylation sites (tertiary alicyclic amines) is 1. The Bertz CT molecular complexity index is 537. The first kappa shape index (κ1) is 15.4. The van der Waals surface area contributed by atoms with Crippen molar-refractivity contribution in [1.29, 1.82) is 0 Å². The lowest BCUT2D eigenvalue weighted by Gasteiger charge is -2.31. The van der Waals surface area contributed by atoms with E-state index in [-0.39, 0.29) is 17.7 Å². The van der Waals surface area contributed by atoms with E-state index in [9.17, 15) is 9.59 Å². The van der Waals surface area contributed by atoms with Crippen LogP contribution in [0.2, 0.25) is 0 Å². The van der Waals surface area contributed by atoms with Crippen molar-refractivity contribution in [3.63, 3.8) is 0 Å². The Labute approximate surface area is 128 Å². The van der Waals surface area contributed by atoms with Crippen molar-refractivity contribution >= 4 is 28.3 Å². The normalized spacial score (nSPS) is 19.3. The second-order valence-corrected chi connectivity index (χ2v) is 5.73. The Kier molecular flexibility index (Phi) is 5.68. The van der Waals surface area contributed by atoms with Crippen LogP contribution in [0.5, 0.6) is 0 Å². The lowest BCUT2D eigenvalue weighted by molar-refractivity contribution is -0.130. The number of allylic oxidation sites excluding steroid dienone is 3. The lowest BCUT2D eigenvalue weighted by Crippen LogP contribution is -2.43. The first-order valence-corrected chi connectivity index (χ1v) is 7.87. The van der Waals surface area contributed by atoms with E-state index in [0.29, 0.717) is 18.2 Å². The van der Waals surface area contributed by atoms with Crippen LogP contribution in [-0.2, 0) is 9.59 Å². The first-order valence-electron chi connectivity index (χ1n) is 6.99. The van der Waals surface area contributed by atoms with Gasteiger partial charge in [0.25, 0.3) is 0 Å². The molecule has 1 aliphatic heterocycles. The molecule has 6 heteroatoms. The number of hydrogen-bond acceptors (Lipinski definition) is 4. The molecule has 5 nitrogen and oxygen atoms in total. The summed E-state index contributed by atoms with van der Waals surface area (Å²) in [6.07, 6.45) is 10.3. The van der Waals surface area contributed by atoms with E-state index < -0.39 is 0 Å². The number of hydrogen-bond donors (Lipinski definition) is 1. The van der Waals surface area contributed by atoms with E-state index in [4.69, 9.17) is 0 Å². The van der Waals surface area contributed by atoms with Crippen LogP contribution in [-0.4, -0.2) is 34.8 Å². The molecule has 0 radical (unpaired) electrons. The fourth-order valence-electron chi connectivity index (χ4n) is 2.24. The number of rotatable bonds is 4. The van der Waals surface area contributed by atoms with Crippen molar-refractivity contribution in [2.24, 2.45) is 5.92 Å². The van der Waals surface area contributed by atoms with E-state index in [1.54, 1.807) is 23.2 Å². The fourth-order valence-corrected chi connectivity index (χ4v) is 2.77. The van der Waals surface area contributed by atoms with Gasteiger partial charge in [0.05, 0.1) is 5.92 Å². The minimum atomic E-state index is -0.165. The summed E-state index contributed by atoms with van der Waals surface area (Å²) in [7, 11) is 0. The van der Waals surface area contributed by atoms with E-state index in [0.717, 1.165) is 12.8 Å². The maximum atomic E-state index is 12.2. The minimum Gasteiger partial charge on any atom is -0.338 e. The predicted octanol–water partition coefficient (Wildman–Crippen LogP) is 2.45. The molecule has 0 aromatic carbocycles. The lowest BCUT2D eigenvalue weighted by atomic mass is 9.97. The van der Waals surface area contributed by atoms with Crippen molar-refractivity contribution in [2.45, 2.75) is 19.8 Å². The number of nitrogens with zero attached hydrogens (tertiary/aromatic N) is 2. The maximum absolute atomic E-state index is 12.2. The number of carbonyl (C=O) groups is 2. The standard InChI is InChI=1S/C15H19N3O2S/c1-2-3-4-7-13(19)18-9-5-6-12(11-18)14(20)17-15-16-8-10-21-15/h2-4,7-8,10,12H,5-6,9,11H2,1H3,(H,16,17,20)/b3-2+,7-4+. The quantitative estimate of drug-likeness (QED) is 0.686. The summed E-state index contributed by atoms with van der Waals surface area (Å²) in [6, 6.07) is 0. The molecule has 0 saturated carbocycles. The Balaban J connectivity index is 1.90. The van der Waals surface area contributed by atoms with Gasteiger partial charge in [-0.15, -0.1) is 11.3 Å². The summed E-state index contributed by atoms with van der Waals surface area (Å²) in [5.74, 6) is -0.263. The fraction of sp³-hybridized carbons (Fsp3) is 0.400. The molecule has 1 aromatic heterocycles. The topological polar surface area (TPSA) is 62.3 Å². The Morgan fingerprint density at radius 1 is 1.48 bits per heavy atom. The molecule has 0 aliphatic carbocycles. The van der Waals surface area contributed by atoms with Crippen LogP contribution in [0.4, 0.5) is 5.13 Å². The van der Waals surface area contributed by atoms with Gasteiger partial charge in [-0.05, 0) is 19.8 Å². The number of amides is 2. The molecular formula is C15H19N3O2S. The Hall–Kier alpha value is -1.95. The summed E-state index contributed by atoms with van der Waals surface area (Å²) in [4.78, 5) is 30.0. The maximum Gasteiger partial charge on any atom is 0.246 e. The van der Waals surface area contributed by atoms with Gasteiger partial charge in [0.15, 0.2) is 5.13 Å². The predicted molar refractivity (Wildman–Crippen MR) is 84.0 cm³/mol. The molecule has 112 valence electrons. The molecule has 0 spiro atoms. The zero-order valence-corrected chi connectivity index (χ0v) is 12.8. The van der Waals surface area contributed by atoms with Gasteiger partial charge in [0.2, 0.25) is 11.8 Å². The second-order valence-electron chi connectivity index (χ2n) is 4.83. The van der Waals surface area contributed by atoms with Crippen molar-refractivity contribution in [1.82, 2.24) is 9.88 Å². The van der Waals surface area contributed by atoms with E-state index in [1.807, 2.05) is 24.5 Å². The van der Waals surface area contributed by atoms with Gasteiger partial charge in [-0.3, -0.25) is 9.59 Å². The molecule has 1 aliphatic rings. The number of piperidine rings is 1. The molecule has 1 aromatic rings. The van der Waals surface area contributed by atoms with Crippen molar-refractivity contribution < 1.29 is 9.59 Å². The molecule has 1 atom stereocenters. The summed E-state index contributed by atoms with van der Waals surface area (Å²) in [5.41, 5.74) is 0. The summed E-state index contributed by atoms with van der Waals surface area (Å²) >= 11 is 1.39. The first-order chi connectivity index (χ1) is 10.2. The van der Waals surface area contributed by atoms with E-state index in [2.05, 4.69) is 10.3 Å². The highest BCUT2D eigenvalue weighted by Crippen LogP contribution is 2.20. The number of nitrogens with one attached hydrogen (secondary N) is 1. The van der Waals surface area contributed by atoms with Crippen molar-refractivity contribution in [3.05, 3.63) is 35.9 Å². The zero-order valence-electron chi connectivity index (χ0n) is 12.0. The van der Waals surface area contributed by atoms with Gasteiger partial charge in [-0.2, -0.15) is 0 Å². The molecule has 1 unspecified atom stereocenters. The third kappa shape index (κ3) is 4.53. The Morgan fingerprint density at radius 2 is 2.33 bits per heavy atom. The molecule has 1 N–H and O–H groups in total. The number of carbonyl (C=O) groups excluding carboxylic acids is 2. The van der Waals surface area contributed by atoms with E-state index >= 15 is 0 Å². The molecule has 1 fully saturated rings. The molecule has 21 heavy (non-hydrogen) atoms. The second kappa shape index (κ2) is 7.73. The molecular weight excluding hydrogens is 286 g/mol. The van der Waals surface area contributed by atoms with Crippen LogP contribution in [0, 0.1) is 5.92 Å². The van der Waals surface area contributed by atoms with Gasteiger partial charge >= 0.3 is 0 Å². The van der Waals surface area contributed by atoms with Gasteiger partial charge in [-0.25, -0.2) is 4.98 Å². The van der Waals surface area contributed by atoms with Gasteiger partial charge in [0.1, 0.15) is 0 Å². The van der Waals surface area contributed by atoms with Crippen LogP contribution in [0.25, 0.3) is 0 Å². The molecule has 2 rings (SSSR count). The summed E-state index contributed by atoms with van der Waals surface area (Å²) in [6.45, 7) is 3.07. The molecule has 1 saturated heterocycles. The Morgan fingerprint density at radius 3 is 3.05 bits per heavy atom. The van der Waals surface area contributed by atoms with Gasteiger partial charge in [-0.1, -0.05) is 18.2 Å². The highest BCUT2D eigenvalue weighted by molar-refractivity contribution is 7.13. The number of aromatic nitrogens is 1. The zero-order chi connectivity index (χ0) is 15.1. The van der Waals surface area contributed by atoms with Gasteiger partial charge in [0, 0.05) is 30.7 Å². The smallest absolute Gasteiger partial charge is 0.246 e. The monoisotopic (exact) mass is 305 g/mol. The third-order valence-corrected chi connectivity index (χ3v) is 4.00. The molecule has 0 bridgehead atoms. The molecule has 2 heterocycles. The highest BCUT2D eigenvalue weighted by atomic mass is 32.1. The average Bonchev–Trinajstić information content (AvgIpc) is 3.00. The largest absolute Gasteiger partial charge is 0.338 e. The van der Waals surface area contributed by atoms with Crippen molar-refractivity contribution in [3.8, 4) is 0 Å². The van der Waals surface area contributed by atoms with E-state index in [1.165, 1.54) is 11.3 Å². The highest BCUT2D eigenvalue weighted by Gasteiger charge is 2.27. The summed E-state index contributed by atoms with van der Waals surface area (Å²) in [5, 5.41) is 5.23. The average molecular weight is 305 g/mol. The SMILES string of the molecule is C/C=C/C=C/C(=O)N1CCCC(C(=O)Nc2nccs2)C1. The van der Waals surface area contributed by atoms with Crippen LogP contribution in [0.3, 0.4) is 0 Å². The van der Waals surface area contributed by atoms with Crippen LogP contribution < -0.4 is 5.32 Å². The van der Waals surface area contributed by atoms with Crippen LogP contribution in [0.15, 0.2) is 35.9 Å². The summed E-state index contributed by atoms with van der Waals surface area (Å²) < 4.78 is 0. The van der Waals surface area contributed by atoms with Crippen LogP contribution in [0.1, 0.15) is 19.8 Å². The van der Waals surface area contributed by atoms with Crippen LogP contribution >= 0.6 is 11.3 Å². The number of thiazole rings is 1. The number of anilines is 1. The van der Waals surface area contributed by atoms with Gasteiger partial charge < -0.3 is 10.2 Å².